The van der Waals surface area contributed by atoms with Gasteiger partial charge in [-0.2, -0.15) is 5.10 Å². The minimum atomic E-state index is -0.850. The molecule has 0 saturated carbocycles. The van der Waals surface area contributed by atoms with Gasteiger partial charge in [-0.1, -0.05) is 0 Å². The summed E-state index contributed by atoms with van der Waals surface area (Å²) in [5.74, 6) is -1.77. The van der Waals surface area contributed by atoms with Gasteiger partial charge in [-0.25, -0.2) is 9.07 Å². The number of carbonyl (C=O) groups excluding carboxylic acids is 1. The number of hydrogen-bond donors (Lipinski definition) is 1. The Morgan fingerprint density at radius 2 is 1.93 bits per heavy atom. The summed E-state index contributed by atoms with van der Waals surface area (Å²) in [5.41, 5.74) is 3.12. The molecule has 1 N–H and O–H groups in total. The van der Waals surface area contributed by atoms with Gasteiger partial charge in [-0.05, 0) is 57.9 Å². The number of piperidine rings is 1. The average Bonchev–Trinajstić information content (AvgIpc) is 2.90. The Morgan fingerprint density at radius 3 is 2.56 bits per heavy atom. The van der Waals surface area contributed by atoms with Gasteiger partial charge in [0, 0.05) is 23.8 Å². The number of carbonyl (C=O) groups is 2. The minimum Gasteiger partial charge on any atom is -0.481 e. The number of rotatable bonds is 4. The average molecular weight is 373 g/mol. The van der Waals surface area contributed by atoms with Crippen LogP contribution in [0.25, 0.3) is 5.69 Å². The highest BCUT2D eigenvalue weighted by atomic mass is 19.1. The predicted molar refractivity (Wildman–Crippen MR) is 98.2 cm³/mol. The number of aromatic nitrogens is 2. The first-order valence-electron chi connectivity index (χ1n) is 9.13. The Bertz CT molecular complexity index is 860. The molecule has 7 heteroatoms. The third-order valence-corrected chi connectivity index (χ3v) is 5.47. The van der Waals surface area contributed by atoms with Crippen molar-refractivity contribution >= 4 is 11.9 Å². The predicted octanol–water partition coefficient (Wildman–Crippen LogP) is 2.88. The van der Waals surface area contributed by atoms with Crippen molar-refractivity contribution in [2.24, 2.45) is 5.92 Å². The quantitative estimate of drug-likeness (QED) is 0.894. The molecule has 0 aliphatic carbocycles. The van der Waals surface area contributed by atoms with E-state index < -0.39 is 11.9 Å². The molecule has 0 spiro atoms. The van der Waals surface area contributed by atoms with E-state index in [9.17, 15) is 19.1 Å². The van der Waals surface area contributed by atoms with Crippen molar-refractivity contribution < 1.29 is 19.1 Å². The van der Waals surface area contributed by atoms with E-state index in [1.807, 2.05) is 13.8 Å². The fourth-order valence-electron chi connectivity index (χ4n) is 3.84. The fraction of sp³-hybridized carbons (Fsp3) is 0.450. The molecular weight excluding hydrogens is 349 g/mol. The van der Waals surface area contributed by atoms with Crippen molar-refractivity contribution in [1.82, 2.24) is 14.7 Å². The number of benzene rings is 1. The second kappa shape index (κ2) is 7.50. The zero-order valence-electron chi connectivity index (χ0n) is 15.8. The molecule has 1 aromatic carbocycles. The third kappa shape index (κ3) is 3.72. The van der Waals surface area contributed by atoms with Gasteiger partial charge in [0.2, 0.25) is 5.91 Å². The second-order valence-electron chi connectivity index (χ2n) is 7.13. The maximum absolute atomic E-state index is 13.2. The van der Waals surface area contributed by atoms with Crippen LogP contribution in [-0.2, 0) is 16.0 Å². The van der Waals surface area contributed by atoms with E-state index in [0.29, 0.717) is 19.4 Å². The lowest BCUT2D eigenvalue weighted by Gasteiger charge is -2.37. The van der Waals surface area contributed by atoms with E-state index in [1.165, 1.54) is 12.1 Å². The molecule has 1 aromatic heterocycles. The zero-order valence-corrected chi connectivity index (χ0v) is 15.8. The van der Waals surface area contributed by atoms with Crippen LogP contribution in [0, 0.1) is 25.6 Å². The summed E-state index contributed by atoms with van der Waals surface area (Å²) >= 11 is 0. The molecule has 2 atom stereocenters. The first-order valence-corrected chi connectivity index (χ1v) is 9.13. The summed E-state index contributed by atoms with van der Waals surface area (Å²) < 4.78 is 14.9. The van der Waals surface area contributed by atoms with Crippen LogP contribution in [0.2, 0.25) is 0 Å². The first-order chi connectivity index (χ1) is 12.8. The number of aryl methyl sites for hydroxylation is 1. The number of carboxylic acid groups (broad SMARTS) is 1. The van der Waals surface area contributed by atoms with Crippen molar-refractivity contribution in [3.63, 3.8) is 0 Å². The molecule has 0 bridgehead atoms. The monoisotopic (exact) mass is 373 g/mol. The number of aliphatic carboxylic acids is 1. The summed E-state index contributed by atoms with van der Waals surface area (Å²) in [7, 11) is 0. The van der Waals surface area contributed by atoms with Gasteiger partial charge in [0.1, 0.15) is 5.82 Å². The molecular formula is C20H24FN3O3. The summed E-state index contributed by atoms with van der Waals surface area (Å²) in [6.07, 6.45) is 1.47. The molecule has 2 heterocycles. The summed E-state index contributed by atoms with van der Waals surface area (Å²) in [5, 5.41) is 13.9. The van der Waals surface area contributed by atoms with Crippen LogP contribution in [-0.4, -0.2) is 44.3 Å². The molecule has 0 unspecified atom stereocenters. The molecule has 1 aliphatic rings. The summed E-state index contributed by atoms with van der Waals surface area (Å²) in [4.78, 5) is 26.0. The maximum Gasteiger partial charge on any atom is 0.308 e. The topological polar surface area (TPSA) is 75.4 Å². The number of nitrogens with zero attached hydrogens (tertiary/aromatic N) is 3. The normalized spacial score (nSPS) is 19.9. The van der Waals surface area contributed by atoms with Gasteiger partial charge in [0.25, 0.3) is 0 Å². The molecule has 2 aromatic rings. The van der Waals surface area contributed by atoms with Gasteiger partial charge >= 0.3 is 5.97 Å². The van der Waals surface area contributed by atoms with E-state index in [4.69, 9.17) is 0 Å². The van der Waals surface area contributed by atoms with Crippen LogP contribution in [0.3, 0.4) is 0 Å². The van der Waals surface area contributed by atoms with Gasteiger partial charge in [-0.3, -0.25) is 9.59 Å². The van der Waals surface area contributed by atoms with E-state index in [-0.39, 0.29) is 24.2 Å². The van der Waals surface area contributed by atoms with Gasteiger partial charge < -0.3 is 10.0 Å². The standard InChI is InChI=1S/C20H24FN3O3/c1-12-18(14(3)24(22-12)16-8-6-15(21)7-9-16)11-19(25)23-10-4-5-17(13(23)2)20(26)27/h6-9,13,17H,4-5,10-11H2,1-3H3,(H,26,27)/t13-,17-/m1/s1. The highest BCUT2D eigenvalue weighted by Crippen LogP contribution is 2.26. The maximum atomic E-state index is 13.2. The van der Waals surface area contributed by atoms with Crippen LogP contribution in [0.1, 0.15) is 36.7 Å². The van der Waals surface area contributed by atoms with Crippen LogP contribution in [0.5, 0.6) is 0 Å². The van der Waals surface area contributed by atoms with E-state index in [2.05, 4.69) is 5.10 Å². The van der Waals surface area contributed by atoms with Crippen molar-refractivity contribution in [2.45, 2.75) is 46.1 Å². The van der Waals surface area contributed by atoms with Gasteiger partial charge in [0.05, 0.1) is 23.7 Å². The van der Waals surface area contributed by atoms with Crippen molar-refractivity contribution in [2.75, 3.05) is 6.54 Å². The van der Waals surface area contributed by atoms with Crippen LogP contribution < -0.4 is 0 Å². The van der Waals surface area contributed by atoms with Crippen LogP contribution in [0.15, 0.2) is 24.3 Å². The highest BCUT2D eigenvalue weighted by molar-refractivity contribution is 5.81. The molecule has 1 saturated heterocycles. The van der Waals surface area contributed by atoms with Gasteiger partial charge in [0.15, 0.2) is 0 Å². The molecule has 1 amide bonds. The number of likely N-dealkylation sites (tertiary alicyclic amines) is 1. The molecule has 1 fully saturated rings. The lowest BCUT2D eigenvalue weighted by molar-refractivity contribution is -0.148. The number of halogens is 1. The Morgan fingerprint density at radius 1 is 1.26 bits per heavy atom. The zero-order chi connectivity index (χ0) is 19.7. The Balaban J connectivity index is 1.82. The molecule has 1 aliphatic heterocycles. The fourth-order valence-corrected chi connectivity index (χ4v) is 3.84. The molecule has 27 heavy (non-hydrogen) atoms. The SMILES string of the molecule is Cc1nn(-c2ccc(F)cc2)c(C)c1CC(=O)N1CCC[C@@H](C(=O)O)[C@H]1C. The molecule has 144 valence electrons. The molecule has 6 nitrogen and oxygen atoms in total. The summed E-state index contributed by atoms with van der Waals surface area (Å²) in [6.45, 7) is 6.10. The van der Waals surface area contributed by atoms with Gasteiger partial charge in [-0.15, -0.1) is 0 Å². The molecule has 0 radical (unpaired) electrons. The minimum absolute atomic E-state index is 0.0849. The Hall–Kier alpha value is -2.70. The number of amides is 1. The van der Waals surface area contributed by atoms with Crippen molar-refractivity contribution in [3.8, 4) is 5.69 Å². The number of carboxylic acids is 1. The largest absolute Gasteiger partial charge is 0.481 e. The highest BCUT2D eigenvalue weighted by Gasteiger charge is 2.35. The second-order valence-corrected chi connectivity index (χ2v) is 7.13. The first kappa shape index (κ1) is 19.1. The van der Waals surface area contributed by atoms with Crippen LogP contribution >= 0.6 is 0 Å². The van der Waals surface area contributed by atoms with Crippen molar-refractivity contribution in [1.29, 1.82) is 0 Å². The smallest absolute Gasteiger partial charge is 0.308 e. The lowest BCUT2D eigenvalue weighted by Crippen LogP contribution is -2.49. The van der Waals surface area contributed by atoms with E-state index in [1.54, 1.807) is 28.6 Å². The Kier molecular flexibility index (Phi) is 5.30. The Labute approximate surface area is 157 Å². The lowest BCUT2D eigenvalue weighted by atomic mass is 9.90. The van der Waals surface area contributed by atoms with E-state index >= 15 is 0 Å². The molecule has 3 rings (SSSR count). The number of hydrogen-bond acceptors (Lipinski definition) is 3. The van der Waals surface area contributed by atoms with Crippen molar-refractivity contribution in [3.05, 3.63) is 47.0 Å². The summed E-state index contributed by atoms with van der Waals surface area (Å²) in [6, 6.07) is 5.71. The van der Waals surface area contributed by atoms with E-state index in [0.717, 1.165) is 22.6 Å². The third-order valence-electron chi connectivity index (χ3n) is 5.47. The van der Waals surface area contributed by atoms with Crippen LogP contribution in [0.4, 0.5) is 4.39 Å².